The van der Waals surface area contributed by atoms with Crippen LogP contribution in [0.5, 0.6) is 0 Å². The molecule has 2 unspecified atom stereocenters. The van der Waals surface area contributed by atoms with Crippen LogP contribution in [-0.2, 0) is 4.79 Å². The Balaban J connectivity index is 1.03. The highest BCUT2D eigenvalue weighted by atomic mass is 16.3. The summed E-state index contributed by atoms with van der Waals surface area (Å²) in [4.78, 5) is 23.7. The molecule has 4 aliphatic carbocycles. The first kappa shape index (κ1) is 27.2. The molecule has 3 aromatic rings. The van der Waals surface area contributed by atoms with Gasteiger partial charge in [-0.2, -0.15) is 0 Å². The summed E-state index contributed by atoms with van der Waals surface area (Å²) < 4.78 is 0. The van der Waals surface area contributed by atoms with Gasteiger partial charge in [0.25, 0.3) is 0 Å². The molecule has 2 aromatic heterocycles. The first-order valence-electron chi connectivity index (χ1n) is 16.0. The van der Waals surface area contributed by atoms with Crippen molar-refractivity contribution in [3.8, 4) is 11.3 Å². The zero-order chi connectivity index (χ0) is 28.5. The smallest absolute Gasteiger partial charge is 0.236 e. The van der Waals surface area contributed by atoms with E-state index < -0.39 is 5.60 Å². The number of rotatable bonds is 6. The molecule has 4 bridgehead atoms. The number of nitrogens with one attached hydrogen (secondary N) is 2. The lowest BCUT2D eigenvalue weighted by Crippen LogP contribution is -2.65. The van der Waals surface area contributed by atoms with Crippen LogP contribution in [0, 0.1) is 25.7 Å². The maximum Gasteiger partial charge on any atom is 0.236 e. The van der Waals surface area contributed by atoms with Gasteiger partial charge in [-0.1, -0.05) is 19.9 Å². The number of H-pyrrole nitrogens is 1. The molecule has 41 heavy (non-hydrogen) atoms. The number of fused-ring (bicyclic) bond motifs is 1. The van der Waals surface area contributed by atoms with E-state index in [1.807, 2.05) is 0 Å². The number of hydrogen-bond donors (Lipinski definition) is 3. The highest BCUT2D eigenvalue weighted by Crippen LogP contribution is 2.57. The highest BCUT2D eigenvalue weighted by molar-refractivity contribution is 5.92. The summed E-state index contributed by atoms with van der Waals surface area (Å²) in [6, 6.07) is 11.3. The molecule has 0 spiro atoms. The van der Waals surface area contributed by atoms with Gasteiger partial charge in [-0.05, 0) is 124 Å². The van der Waals surface area contributed by atoms with Crippen LogP contribution in [0.1, 0.15) is 99.6 Å². The summed E-state index contributed by atoms with van der Waals surface area (Å²) in [6.45, 7) is 10.7. The van der Waals surface area contributed by atoms with Crippen LogP contribution in [-0.4, -0.2) is 56.7 Å². The molecule has 1 amide bonds. The third kappa shape index (κ3) is 5.01. The van der Waals surface area contributed by atoms with E-state index in [4.69, 9.17) is 0 Å². The monoisotopic (exact) mass is 554 g/mol. The minimum Gasteiger partial charge on any atom is -0.390 e. The summed E-state index contributed by atoms with van der Waals surface area (Å²) in [5, 5.41) is 16.1. The Hall–Kier alpha value is -2.70. The average molecular weight is 555 g/mol. The molecule has 1 aliphatic heterocycles. The number of aryl methyl sites for hydroxylation is 2. The van der Waals surface area contributed by atoms with E-state index in [1.54, 1.807) is 0 Å². The number of hydrogen-bond acceptors (Lipinski definition) is 4. The average Bonchev–Trinajstić information content (AvgIpc) is 3.29. The SMILES string of the molecule is Cc1cc(-c2[nH]c3ccc(C4CCN(C(=O)CNC56CC7CC(CC(O)(C7)C5)C6)CC4)cc3c2C(C)C)cc(C)n1. The van der Waals surface area contributed by atoms with Crippen molar-refractivity contribution in [2.75, 3.05) is 19.6 Å². The summed E-state index contributed by atoms with van der Waals surface area (Å²) in [6.07, 6.45) is 8.28. The van der Waals surface area contributed by atoms with E-state index in [2.05, 4.69) is 78.2 Å². The first-order chi connectivity index (χ1) is 19.6. The number of pyridine rings is 1. The van der Waals surface area contributed by atoms with Gasteiger partial charge in [0, 0.05) is 46.5 Å². The van der Waals surface area contributed by atoms with Gasteiger partial charge in [0.15, 0.2) is 0 Å². The third-order valence-electron chi connectivity index (χ3n) is 10.8. The first-order valence-corrected chi connectivity index (χ1v) is 16.0. The number of nitrogens with zero attached hydrogens (tertiary/aromatic N) is 2. The zero-order valence-electron chi connectivity index (χ0n) is 25.2. The lowest BCUT2D eigenvalue weighted by molar-refractivity contribution is -0.147. The Kier molecular flexibility index (Phi) is 6.59. The second-order valence-electron chi connectivity index (χ2n) is 14.5. The lowest BCUT2D eigenvalue weighted by Gasteiger charge is -2.60. The fourth-order valence-electron chi connectivity index (χ4n) is 9.55. The van der Waals surface area contributed by atoms with Gasteiger partial charge in [-0.15, -0.1) is 0 Å². The molecule has 4 saturated carbocycles. The Labute approximate surface area is 244 Å². The molecular formula is C35H46N4O2. The number of aromatic amines is 1. The summed E-state index contributed by atoms with van der Waals surface area (Å²) in [7, 11) is 0. The Morgan fingerprint density at radius 2 is 1.76 bits per heavy atom. The molecule has 0 radical (unpaired) electrons. The van der Waals surface area contributed by atoms with Gasteiger partial charge >= 0.3 is 0 Å². The maximum absolute atomic E-state index is 13.3. The van der Waals surface area contributed by atoms with Gasteiger partial charge in [0.05, 0.1) is 17.8 Å². The van der Waals surface area contributed by atoms with Crippen LogP contribution < -0.4 is 5.32 Å². The van der Waals surface area contributed by atoms with Crippen molar-refractivity contribution in [1.29, 1.82) is 0 Å². The van der Waals surface area contributed by atoms with Gasteiger partial charge in [-0.3, -0.25) is 9.78 Å². The van der Waals surface area contributed by atoms with E-state index in [-0.39, 0.29) is 11.4 Å². The third-order valence-corrected chi connectivity index (χ3v) is 10.8. The molecule has 8 rings (SSSR count). The number of carbonyl (C=O) groups excluding carboxylic acids is 1. The molecule has 5 fully saturated rings. The minimum absolute atomic E-state index is 0.0284. The van der Waals surface area contributed by atoms with Crippen molar-refractivity contribution in [2.45, 2.75) is 102 Å². The molecule has 2 atom stereocenters. The normalized spacial score (nSPS) is 29.7. The second kappa shape index (κ2) is 9.95. The van der Waals surface area contributed by atoms with Gasteiger partial charge in [0.1, 0.15) is 0 Å². The molecule has 6 heteroatoms. The number of likely N-dealkylation sites (tertiary alicyclic amines) is 1. The Bertz CT molecular complexity index is 1450. The van der Waals surface area contributed by atoms with Gasteiger partial charge in [-0.25, -0.2) is 0 Å². The molecule has 3 N–H and O–H groups in total. The van der Waals surface area contributed by atoms with Crippen molar-refractivity contribution in [2.24, 2.45) is 11.8 Å². The van der Waals surface area contributed by atoms with E-state index in [9.17, 15) is 9.90 Å². The summed E-state index contributed by atoms with van der Waals surface area (Å²) >= 11 is 0. The van der Waals surface area contributed by atoms with Crippen LogP contribution in [0.2, 0.25) is 0 Å². The van der Waals surface area contributed by atoms with Crippen molar-refractivity contribution in [1.82, 2.24) is 20.2 Å². The standard InChI is InChI=1S/C35H46N4O2/c1-21(2)32-29-14-27(5-6-30(29)38-33(32)28-11-22(3)37-23(4)12-28)26-7-9-39(10-8-26)31(40)19-36-34-15-24-13-25(16-34)18-35(41,17-24)20-34/h5-6,11-12,14,21,24-26,36,38,41H,7-10,13,15-20H2,1-4H3. The van der Waals surface area contributed by atoms with Crippen molar-refractivity contribution in [3.63, 3.8) is 0 Å². The number of carbonyl (C=O) groups is 1. The van der Waals surface area contributed by atoms with Gasteiger partial charge in [0.2, 0.25) is 5.91 Å². The van der Waals surface area contributed by atoms with Crippen molar-refractivity contribution in [3.05, 3.63) is 52.8 Å². The largest absolute Gasteiger partial charge is 0.390 e. The van der Waals surface area contributed by atoms with E-state index >= 15 is 0 Å². The molecule has 1 saturated heterocycles. The quantitative estimate of drug-likeness (QED) is 0.332. The fourth-order valence-corrected chi connectivity index (χ4v) is 9.55. The van der Waals surface area contributed by atoms with Gasteiger partial charge < -0.3 is 20.3 Å². The van der Waals surface area contributed by atoms with Crippen molar-refractivity contribution >= 4 is 16.8 Å². The van der Waals surface area contributed by atoms with Crippen LogP contribution in [0.15, 0.2) is 30.3 Å². The maximum atomic E-state index is 13.3. The van der Waals surface area contributed by atoms with E-state index in [0.29, 0.717) is 30.2 Å². The summed E-state index contributed by atoms with van der Waals surface area (Å²) in [5.41, 5.74) is 7.93. The zero-order valence-corrected chi connectivity index (χ0v) is 25.2. The predicted octanol–water partition coefficient (Wildman–Crippen LogP) is 6.35. The van der Waals surface area contributed by atoms with Crippen molar-refractivity contribution < 1.29 is 9.90 Å². The van der Waals surface area contributed by atoms with Crippen LogP contribution in [0.3, 0.4) is 0 Å². The van der Waals surface area contributed by atoms with Crippen LogP contribution in [0.4, 0.5) is 0 Å². The van der Waals surface area contributed by atoms with Crippen LogP contribution in [0.25, 0.3) is 22.2 Å². The van der Waals surface area contributed by atoms with E-state index in [1.165, 1.54) is 39.7 Å². The predicted molar refractivity (Wildman–Crippen MR) is 164 cm³/mol. The van der Waals surface area contributed by atoms with E-state index in [0.717, 1.165) is 69.4 Å². The number of aliphatic hydroxyl groups is 1. The molecule has 3 heterocycles. The lowest BCUT2D eigenvalue weighted by atomic mass is 9.51. The number of amides is 1. The van der Waals surface area contributed by atoms with Crippen LogP contribution >= 0.6 is 0 Å². The molecule has 218 valence electrons. The highest BCUT2D eigenvalue weighted by Gasteiger charge is 2.57. The molecular weight excluding hydrogens is 508 g/mol. The topological polar surface area (TPSA) is 81.2 Å². The molecule has 5 aliphatic rings. The number of piperidine rings is 1. The fraction of sp³-hybridized carbons (Fsp3) is 0.600. The minimum atomic E-state index is -0.495. The Morgan fingerprint density at radius 3 is 2.39 bits per heavy atom. The number of aromatic nitrogens is 2. The second-order valence-corrected chi connectivity index (χ2v) is 14.5. The number of benzene rings is 1. The Morgan fingerprint density at radius 1 is 1.07 bits per heavy atom. The molecule has 6 nitrogen and oxygen atoms in total. The molecule has 1 aromatic carbocycles. The summed E-state index contributed by atoms with van der Waals surface area (Å²) in [5.74, 6) is 2.34.